The molecule has 1 rings (SSSR count). The number of benzene rings is 1. The lowest BCUT2D eigenvalue weighted by Gasteiger charge is -2.18. The van der Waals surface area contributed by atoms with Crippen LogP contribution in [-0.4, -0.2) is 45.4 Å². The van der Waals surface area contributed by atoms with E-state index in [1.165, 1.54) is 16.7 Å². The summed E-state index contributed by atoms with van der Waals surface area (Å²) in [6, 6.07) is 4.63. The zero-order valence-electron chi connectivity index (χ0n) is 16.8. The Morgan fingerprint density at radius 2 is 1.58 bits per heavy atom. The first-order valence-electron chi connectivity index (χ1n) is 9.27. The lowest BCUT2D eigenvalue weighted by molar-refractivity contribution is 0.0884. The highest BCUT2D eigenvalue weighted by Gasteiger charge is 2.12. The molecule has 0 saturated carbocycles. The largest absolute Gasteiger partial charge is 0.491 e. The summed E-state index contributed by atoms with van der Waals surface area (Å²) in [5.41, 5.74) is 4.01. The summed E-state index contributed by atoms with van der Waals surface area (Å²) >= 11 is 0. The Morgan fingerprint density at radius 3 is 2.17 bits per heavy atom. The fraction of sp³-hybridized carbons (Fsp3) is 0.714. The third kappa shape index (κ3) is 8.16. The average Bonchev–Trinajstić information content (AvgIpc) is 2.43. The Hall–Kier alpha value is -1.06. The van der Waals surface area contributed by atoms with E-state index < -0.39 is 0 Å². The van der Waals surface area contributed by atoms with Gasteiger partial charge in [0.25, 0.3) is 0 Å². The van der Waals surface area contributed by atoms with Crippen LogP contribution in [0.2, 0.25) is 0 Å². The third-order valence-electron chi connectivity index (χ3n) is 3.84. The summed E-state index contributed by atoms with van der Waals surface area (Å²) in [7, 11) is 4.11. The molecule has 3 nitrogen and oxygen atoms in total. The van der Waals surface area contributed by atoms with Gasteiger partial charge in [0.15, 0.2) is 0 Å². The lowest BCUT2D eigenvalue weighted by Crippen LogP contribution is -2.19. The smallest absolute Gasteiger partial charge is 0.125 e. The van der Waals surface area contributed by atoms with E-state index in [0.717, 1.165) is 31.7 Å². The first kappa shape index (κ1) is 21.0. The second-order valence-electron chi connectivity index (χ2n) is 7.86. The summed E-state index contributed by atoms with van der Waals surface area (Å²) in [4.78, 5) is 2.12. The topological polar surface area (TPSA) is 21.7 Å². The first-order chi connectivity index (χ1) is 11.3. The van der Waals surface area contributed by atoms with Gasteiger partial charge in [0.05, 0.1) is 13.2 Å². The molecule has 0 spiro atoms. The van der Waals surface area contributed by atoms with Crippen LogP contribution in [0.15, 0.2) is 12.1 Å². The molecule has 0 unspecified atom stereocenters. The highest BCUT2D eigenvalue weighted by Crippen LogP contribution is 2.29. The van der Waals surface area contributed by atoms with Gasteiger partial charge in [-0.25, -0.2) is 0 Å². The van der Waals surface area contributed by atoms with Crippen LogP contribution in [-0.2, 0) is 17.6 Å². The summed E-state index contributed by atoms with van der Waals surface area (Å²) < 4.78 is 11.7. The highest BCUT2D eigenvalue weighted by molar-refractivity contribution is 5.44. The van der Waals surface area contributed by atoms with Crippen molar-refractivity contribution in [2.75, 3.05) is 40.5 Å². The van der Waals surface area contributed by atoms with Crippen LogP contribution in [0.25, 0.3) is 0 Å². The molecule has 0 saturated heterocycles. The fourth-order valence-electron chi connectivity index (χ4n) is 2.87. The quantitative estimate of drug-likeness (QED) is 0.561. The van der Waals surface area contributed by atoms with Crippen molar-refractivity contribution in [1.82, 2.24) is 4.90 Å². The van der Waals surface area contributed by atoms with Crippen LogP contribution in [0.4, 0.5) is 0 Å². The molecule has 0 amide bonds. The second kappa shape index (κ2) is 10.7. The molecule has 0 radical (unpaired) electrons. The standard InChI is InChI=1S/C21H37NO2/c1-16(2)12-19-14-18(5)21(20(15-19)13-17(3)4)24-11-10-23-9-8-22(6)7/h14-17H,8-13H2,1-7H3. The molecule has 0 bridgehead atoms. The molecule has 0 atom stereocenters. The van der Waals surface area contributed by atoms with Crippen LogP contribution in [0, 0.1) is 18.8 Å². The predicted molar refractivity (Wildman–Crippen MR) is 103 cm³/mol. The number of hydrogen-bond donors (Lipinski definition) is 0. The SMILES string of the molecule is Cc1cc(CC(C)C)cc(CC(C)C)c1OCCOCCN(C)C. The van der Waals surface area contributed by atoms with E-state index in [1.807, 2.05) is 0 Å². The molecule has 1 aromatic rings. The van der Waals surface area contributed by atoms with Crippen molar-refractivity contribution in [3.63, 3.8) is 0 Å². The maximum absolute atomic E-state index is 6.10. The molecule has 0 fully saturated rings. The van der Waals surface area contributed by atoms with Crippen molar-refractivity contribution in [3.05, 3.63) is 28.8 Å². The van der Waals surface area contributed by atoms with Crippen molar-refractivity contribution < 1.29 is 9.47 Å². The molecule has 0 aliphatic carbocycles. The summed E-state index contributed by atoms with van der Waals surface area (Å²) in [5, 5.41) is 0. The van der Waals surface area contributed by atoms with Crippen molar-refractivity contribution in [3.8, 4) is 5.75 Å². The van der Waals surface area contributed by atoms with Gasteiger partial charge in [-0.3, -0.25) is 0 Å². The van der Waals surface area contributed by atoms with E-state index in [9.17, 15) is 0 Å². The zero-order valence-corrected chi connectivity index (χ0v) is 16.8. The van der Waals surface area contributed by atoms with Crippen LogP contribution in [0.3, 0.4) is 0 Å². The van der Waals surface area contributed by atoms with Crippen LogP contribution >= 0.6 is 0 Å². The minimum Gasteiger partial charge on any atom is -0.491 e. The highest BCUT2D eigenvalue weighted by atomic mass is 16.5. The van der Waals surface area contributed by atoms with Gasteiger partial charge in [0, 0.05) is 6.54 Å². The molecule has 0 heterocycles. The van der Waals surface area contributed by atoms with Gasteiger partial charge in [-0.1, -0.05) is 39.8 Å². The maximum Gasteiger partial charge on any atom is 0.125 e. The number of ether oxygens (including phenoxy) is 2. The van der Waals surface area contributed by atoms with E-state index in [4.69, 9.17) is 9.47 Å². The van der Waals surface area contributed by atoms with Gasteiger partial charge in [-0.2, -0.15) is 0 Å². The van der Waals surface area contributed by atoms with Crippen molar-refractivity contribution in [2.45, 2.75) is 47.5 Å². The van der Waals surface area contributed by atoms with Crippen LogP contribution in [0.1, 0.15) is 44.4 Å². The van der Waals surface area contributed by atoms with E-state index in [1.54, 1.807) is 0 Å². The molecule has 24 heavy (non-hydrogen) atoms. The van der Waals surface area contributed by atoms with Gasteiger partial charge in [0.2, 0.25) is 0 Å². The normalized spacial score (nSPS) is 11.8. The van der Waals surface area contributed by atoms with Gasteiger partial charge in [0.1, 0.15) is 12.4 Å². The number of rotatable bonds is 11. The minimum absolute atomic E-state index is 0.614. The Balaban J connectivity index is 2.69. The number of likely N-dealkylation sites (N-methyl/N-ethyl adjacent to an activating group) is 1. The van der Waals surface area contributed by atoms with Gasteiger partial charge in [-0.15, -0.1) is 0 Å². The molecule has 0 aliphatic rings. The van der Waals surface area contributed by atoms with Gasteiger partial charge >= 0.3 is 0 Å². The first-order valence-corrected chi connectivity index (χ1v) is 9.27. The molecule has 0 N–H and O–H groups in total. The maximum atomic E-state index is 6.10. The van der Waals surface area contributed by atoms with Gasteiger partial charge in [-0.05, 0) is 62.4 Å². The van der Waals surface area contributed by atoms with E-state index in [0.29, 0.717) is 25.0 Å². The molecular weight excluding hydrogens is 298 g/mol. The fourth-order valence-corrected chi connectivity index (χ4v) is 2.87. The lowest BCUT2D eigenvalue weighted by atomic mass is 9.94. The van der Waals surface area contributed by atoms with Crippen LogP contribution < -0.4 is 4.74 Å². The van der Waals surface area contributed by atoms with Crippen molar-refractivity contribution >= 4 is 0 Å². The van der Waals surface area contributed by atoms with E-state index >= 15 is 0 Å². The number of aryl methyl sites for hydroxylation is 1. The molecule has 3 heteroatoms. The van der Waals surface area contributed by atoms with E-state index in [2.05, 4.69) is 65.7 Å². The van der Waals surface area contributed by atoms with E-state index in [-0.39, 0.29) is 0 Å². The molecule has 0 aromatic heterocycles. The Bertz CT molecular complexity index is 481. The Morgan fingerprint density at radius 1 is 0.917 bits per heavy atom. The minimum atomic E-state index is 0.614. The molecule has 0 aliphatic heterocycles. The second-order valence-corrected chi connectivity index (χ2v) is 7.86. The van der Waals surface area contributed by atoms with Crippen LogP contribution in [0.5, 0.6) is 5.75 Å². The Kier molecular flexibility index (Phi) is 9.38. The number of nitrogens with zero attached hydrogens (tertiary/aromatic N) is 1. The van der Waals surface area contributed by atoms with Crippen molar-refractivity contribution in [1.29, 1.82) is 0 Å². The summed E-state index contributed by atoms with van der Waals surface area (Å²) in [6.45, 7) is 14.2. The number of hydrogen-bond acceptors (Lipinski definition) is 3. The predicted octanol–water partition coefficient (Wildman–Crippen LogP) is 4.35. The van der Waals surface area contributed by atoms with Gasteiger partial charge < -0.3 is 14.4 Å². The zero-order chi connectivity index (χ0) is 18.1. The summed E-state index contributed by atoms with van der Waals surface area (Å²) in [5.74, 6) is 2.36. The average molecular weight is 336 g/mol. The summed E-state index contributed by atoms with van der Waals surface area (Å²) in [6.07, 6.45) is 2.18. The monoisotopic (exact) mass is 335 g/mol. The Labute approximate surface area is 149 Å². The molecular formula is C21H37NO2. The van der Waals surface area contributed by atoms with Crippen molar-refractivity contribution in [2.24, 2.45) is 11.8 Å². The third-order valence-corrected chi connectivity index (χ3v) is 3.84. The molecule has 138 valence electrons. The molecule has 1 aromatic carbocycles.